The molecule has 1 fully saturated rings. The largest absolute Gasteiger partial charge is 0.486 e. The maximum Gasteiger partial charge on any atom is 0.356 e. The minimum absolute atomic E-state index is 0.253. The van der Waals surface area contributed by atoms with Gasteiger partial charge in [-0.05, 0) is 100 Å². The first-order valence-corrected chi connectivity index (χ1v) is 22.8. The molecule has 1 unspecified atom stereocenters. The number of aryl methyl sites for hydroxylation is 2. The van der Waals surface area contributed by atoms with Crippen molar-refractivity contribution in [1.82, 2.24) is 45.0 Å². The lowest BCUT2D eigenvalue weighted by Crippen LogP contribution is -2.25. The average Bonchev–Trinajstić information content (AvgIpc) is 4.12. The van der Waals surface area contributed by atoms with Crippen LogP contribution in [0, 0.1) is 0 Å². The molecular weight excluding hydrogens is 863 g/mol. The van der Waals surface area contributed by atoms with E-state index in [0.717, 1.165) is 73.6 Å². The highest BCUT2D eigenvalue weighted by atomic mass is 32.2. The standard InChI is InChI=1S/C48H43N9O6S2/c1-4-8-42-50-39(44(47(59)61-3)57(42)26-30-13-21-36(31-9-6-5-7-10-31)37(23-30)45-52-54-55-53-45)28-64-35-19-16-33(17-20-35)63-34-18-22-38-40(25-34)56(2)43(49-38)27-62-32-14-11-29(12-15-32)24-41-46(58)51-48(60)65-41/h5-7,9-23,25,41H,4,8,24,26-28H2,1-3H3,(H,51,58,60)(H,52,53,54,55). The van der Waals surface area contributed by atoms with Crippen molar-refractivity contribution in [3.63, 3.8) is 0 Å². The minimum Gasteiger partial charge on any atom is -0.486 e. The van der Waals surface area contributed by atoms with Gasteiger partial charge in [0, 0.05) is 42.3 Å². The van der Waals surface area contributed by atoms with Gasteiger partial charge in [-0.25, -0.2) is 19.9 Å². The Morgan fingerprint density at radius 2 is 1.62 bits per heavy atom. The molecule has 17 heteroatoms. The fourth-order valence-corrected chi connectivity index (χ4v) is 9.38. The Balaban J connectivity index is 0.858. The summed E-state index contributed by atoms with van der Waals surface area (Å²) >= 11 is 2.60. The number of ether oxygens (including phenoxy) is 3. The highest BCUT2D eigenvalue weighted by Crippen LogP contribution is 2.34. The Morgan fingerprint density at radius 1 is 0.846 bits per heavy atom. The number of esters is 1. The van der Waals surface area contributed by atoms with Crippen LogP contribution in [0.2, 0.25) is 0 Å². The van der Waals surface area contributed by atoms with E-state index in [1.165, 1.54) is 7.11 Å². The van der Waals surface area contributed by atoms with E-state index in [1.54, 1.807) is 11.8 Å². The zero-order valence-corrected chi connectivity index (χ0v) is 37.3. The molecule has 1 aliphatic rings. The summed E-state index contributed by atoms with van der Waals surface area (Å²) < 4.78 is 21.6. The van der Waals surface area contributed by atoms with Crippen molar-refractivity contribution >= 4 is 51.7 Å². The fraction of sp³-hybridized carbons (Fsp3) is 0.208. The van der Waals surface area contributed by atoms with Gasteiger partial charge in [-0.3, -0.25) is 14.9 Å². The fourth-order valence-electron chi connectivity index (χ4n) is 7.69. The van der Waals surface area contributed by atoms with E-state index in [9.17, 15) is 14.4 Å². The third-order valence-corrected chi connectivity index (χ3v) is 12.9. The molecule has 0 radical (unpaired) electrons. The number of fused-ring (bicyclic) bond motifs is 1. The van der Waals surface area contributed by atoms with E-state index in [-0.39, 0.29) is 17.8 Å². The Hall–Kier alpha value is -7.24. The minimum atomic E-state index is -0.441. The molecule has 2 N–H and O–H groups in total. The molecule has 0 bridgehead atoms. The van der Waals surface area contributed by atoms with E-state index in [4.69, 9.17) is 24.2 Å². The molecule has 0 spiro atoms. The molecule has 15 nitrogen and oxygen atoms in total. The van der Waals surface area contributed by atoms with E-state index in [2.05, 4.69) is 51.1 Å². The smallest absolute Gasteiger partial charge is 0.356 e. The van der Waals surface area contributed by atoms with Gasteiger partial charge in [-0.2, -0.15) is 0 Å². The van der Waals surface area contributed by atoms with Crippen molar-refractivity contribution in [2.45, 2.75) is 55.2 Å². The third kappa shape index (κ3) is 9.66. The number of tetrazole rings is 1. The second-order valence-corrected chi connectivity index (χ2v) is 17.5. The summed E-state index contributed by atoms with van der Waals surface area (Å²) in [5.41, 5.74) is 7.56. The van der Waals surface area contributed by atoms with Crippen molar-refractivity contribution in [2.75, 3.05) is 7.11 Å². The number of aromatic amines is 1. The molecule has 2 amide bonds. The number of rotatable bonds is 17. The number of imidazole rings is 2. The van der Waals surface area contributed by atoms with Crippen LogP contribution in [-0.4, -0.2) is 69.2 Å². The first kappa shape index (κ1) is 43.0. The van der Waals surface area contributed by atoms with Crippen LogP contribution in [0.3, 0.4) is 0 Å². The molecule has 1 atom stereocenters. The normalized spacial score (nSPS) is 13.6. The molecule has 1 saturated heterocycles. The number of methoxy groups -OCH3 is 1. The van der Waals surface area contributed by atoms with Crippen molar-refractivity contribution in [3.8, 4) is 39.8 Å². The molecule has 3 aromatic heterocycles. The van der Waals surface area contributed by atoms with Crippen LogP contribution in [-0.2, 0) is 48.3 Å². The number of amides is 2. The number of aromatic nitrogens is 8. The van der Waals surface area contributed by atoms with Crippen LogP contribution < -0.4 is 14.8 Å². The van der Waals surface area contributed by atoms with Crippen molar-refractivity contribution in [3.05, 3.63) is 149 Å². The number of carbonyl (C=O) groups is 3. The highest BCUT2D eigenvalue weighted by molar-refractivity contribution is 8.15. The number of thioether (sulfide) groups is 2. The zero-order valence-electron chi connectivity index (χ0n) is 35.7. The average molecular weight is 906 g/mol. The Bertz CT molecular complexity index is 2990. The molecule has 9 rings (SSSR count). The number of benzene rings is 5. The van der Waals surface area contributed by atoms with Crippen LogP contribution in [0.25, 0.3) is 33.5 Å². The summed E-state index contributed by atoms with van der Waals surface area (Å²) in [5, 5.41) is 16.4. The van der Waals surface area contributed by atoms with Gasteiger partial charge in [0.2, 0.25) is 5.91 Å². The number of imide groups is 1. The highest BCUT2D eigenvalue weighted by Gasteiger charge is 2.31. The lowest BCUT2D eigenvalue weighted by Gasteiger charge is -2.14. The molecule has 0 aliphatic carbocycles. The van der Waals surface area contributed by atoms with E-state index >= 15 is 0 Å². The summed E-state index contributed by atoms with van der Waals surface area (Å²) in [5.74, 6) is 3.87. The molecule has 65 heavy (non-hydrogen) atoms. The Labute approximate surface area is 382 Å². The van der Waals surface area contributed by atoms with Crippen LogP contribution in [0.4, 0.5) is 4.79 Å². The lowest BCUT2D eigenvalue weighted by molar-refractivity contribution is -0.118. The molecule has 4 heterocycles. The predicted molar refractivity (Wildman–Crippen MR) is 248 cm³/mol. The second kappa shape index (κ2) is 19.2. The van der Waals surface area contributed by atoms with Gasteiger partial charge >= 0.3 is 5.97 Å². The van der Waals surface area contributed by atoms with Gasteiger partial charge in [0.15, 0.2) is 11.5 Å². The van der Waals surface area contributed by atoms with Crippen LogP contribution in [0.1, 0.15) is 52.3 Å². The molecule has 8 aromatic rings. The Kier molecular flexibility index (Phi) is 12.7. The van der Waals surface area contributed by atoms with E-state index < -0.39 is 11.2 Å². The topological polar surface area (TPSA) is 181 Å². The van der Waals surface area contributed by atoms with Crippen molar-refractivity contribution < 1.29 is 28.6 Å². The van der Waals surface area contributed by atoms with Crippen LogP contribution >= 0.6 is 23.5 Å². The van der Waals surface area contributed by atoms with Crippen molar-refractivity contribution in [2.24, 2.45) is 7.05 Å². The predicted octanol–water partition coefficient (Wildman–Crippen LogP) is 8.96. The summed E-state index contributed by atoms with van der Waals surface area (Å²) in [7, 11) is 3.34. The van der Waals surface area contributed by atoms with E-state index in [1.807, 2.05) is 113 Å². The number of hydrogen-bond donors (Lipinski definition) is 2. The van der Waals surface area contributed by atoms with Crippen molar-refractivity contribution in [1.29, 1.82) is 0 Å². The number of nitrogens with zero attached hydrogens (tertiary/aromatic N) is 7. The van der Waals surface area contributed by atoms with E-state index in [0.29, 0.717) is 59.6 Å². The van der Waals surface area contributed by atoms with Gasteiger partial charge in [-0.1, -0.05) is 73.3 Å². The lowest BCUT2D eigenvalue weighted by atomic mass is 9.97. The zero-order chi connectivity index (χ0) is 44.9. The Morgan fingerprint density at radius 3 is 2.34 bits per heavy atom. The molecule has 5 aromatic carbocycles. The van der Waals surface area contributed by atoms with Gasteiger partial charge in [0.25, 0.3) is 5.24 Å². The maximum absolute atomic E-state index is 13.5. The van der Waals surface area contributed by atoms with Crippen LogP contribution in [0.15, 0.2) is 120 Å². The molecule has 1 aliphatic heterocycles. The number of H-pyrrole nitrogens is 1. The van der Waals surface area contributed by atoms with Gasteiger partial charge < -0.3 is 23.3 Å². The van der Waals surface area contributed by atoms with Gasteiger partial charge in [0.05, 0.1) is 29.1 Å². The SMILES string of the molecule is CCCc1nc(CSc2ccc(Oc3ccc4nc(COc5ccc(CC6SC(=O)NC6=O)cc5)n(C)c4c3)cc2)c(C(=O)OC)n1Cc1ccc(-c2ccccc2)c(-c2nnn[nH]2)c1. The third-order valence-electron chi connectivity index (χ3n) is 10.9. The molecule has 0 saturated carbocycles. The number of nitrogens with one attached hydrogen (secondary N) is 2. The summed E-state index contributed by atoms with van der Waals surface area (Å²) in [6, 6.07) is 37.3. The monoisotopic (exact) mass is 905 g/mol. The first-order chi connectivity index (χ1) is 31.7. The van der Waals surface area contributed by atoms with Crippen LogP contribution in [0.5, 0.6) is 17.2 Å². The summed E-state index contributed by atoms with van der Waals surface area (Å²) in [6.07, 6.45) is 2.00. The quantitative estimate of drug-likeness (QED) is 0.0654. The molecule has 328 valence electrons. The number of carbonyl (C=O) groups excluding carboxylic acids is 3. The van der Waals surface area contributed by atoms with Gasteiger partial charge in [0.1, 0.15) is 35.5 Å². The maximum atomic E-state index is 13.5. The summed E-state index contributed by atoms with van der Waals surface area (Å²) in [6.45, 7) is 2.75. The summed E-state index contributed by atoms with van der Waals surface area (Å²) in [4.78, 5) is 47.7. The molecular formula is C48H43N9O6S2. The number of hydrogen-bond acceptors (Lipinski definition) is 13. The second-order valence-electron chi connectivity index (χ2n) is 15.3. The van der Waals surface area contributed by atoms with Gasteiger partial charge in [-0.15, -0.1) is 16.9 Å². The first-order valence-electron chi connectivity index (χ1n) is 20.9.